The largest absolute Gasteiger partial charge is 0.491 e. The van der Waals surface area contributed by atoms with Crippen LogP contribution in [0.25, 0.3) is 0 Å². The van der Waals surface area contributed by atoms with Gasteiger partial charge in [0.1, 0.15) is 0 Å². The molecule has 0 amide bonds. The van der Waals surface area contributed by atoms with Gasteiger partial charge in [0.25, 0.3) is 0 Å². The van der Waals surface area contributed by atoms with E-state index in [1.165, 1.54) is 0 Å². The summed E-state index contributed by atoms with van der Waals surface area (Å²) in [5.74, 6) is -0.0268. The fraction of sp³-hybridized carbons (Fsp3) is 0.381. The maximum absolute atomic E-state index is 12.8. The van der Waals surface area contributed by atoms with Crippen molar-refractivity contribution in [2.45, 2.75) is 12.8 Å². The lowest BCUT2D eigenvalue weighted by molar-refractivity contribution is 0.0993. The SMILES string of the molecule is CN1CCN(c2ccc(C(=O)Cc3ccc4c(c3)B(O)OCC4)c(Cl)c2)CC1. The molecule has 0 bridgehead atoms. The number of rotatable bonds is 4. The molecule has 1 saturated heterocycles. The number of benzene rings is 2. The van der Waals surface area contributed by atoms with Gasteiger partial charge in [0.2, 0.25) is 0 Å². The monoisotopic (exact) mass is 398 g/mol. The highest BCUT2D eigenvalue weighted by Crippen LogP contribution is 2.26. The van der Waals surface area contributed by atoms with Crippen LogP contribution in [0.5, 0.6) is 0 Å². The summed E-state index contributed by atoms with van der Waals surface area (Å²) in [6, 6.07) is 11.5. The van der Waals surface area contributed by atoms with Crippen molar-refractivity contribution in [3.05, 3.63) is 58.1 Å². The molecule has 2 aliphatic heterocycles. The van der Waals surface area contributed by atoms with Crippen molar-refractivity contribution >= 4 is 35.7 Å². The summed E-state index contributed by atoms with van der Waals surface area (Å²) in [6.45, 7) is 4.47. The van der Waals surface area contributed by atoms with Crippen LogP contribution < -0.4 is 10.4 Å². The standard InChI is InChI=1S/C21H24BClN2O3/c1-24-7-9-25(10-8-24)17-4-5-18(20(23)14-17)21(26)13-15-2-3-16-6-11-28-22(27)19(16)12-15/h2-5,12,14,27H,6-11,13H2,1H3. The lowest BCUT2D eigenvalue weighted by atomic mass is 9.73. The second kappa shape index (κ2) is 8.25. The Labute approximate surface area is 171 Å². The van der Waals surface area contributed by atoms with E-state index in [2.05, 4.69) is 16.8 Å². The molecule has 2 aromatic rings. The van der Waals surface area contributed by atoms with Crippen LogP contribution in [0, 0.1) is 0 Å². The number of likely N-dealkylation sites (N-methyl/N-ethyl adjacent to an activating group) is 1. The van der Waals surface area contributed by atoms with Gasteiger partial charge < -0.3 is 19.5 Å². The number of nitrogens with zero attached hydrogens (tertiary/aromatic N) is 2. The number of ketones is 1. The van der Waals surface area contributed by atoms with Crippen LogP contribution >= 0.6 is 11.6 Å². The van der Waals surface area contributed by atoms with E-state index >= 15 is 0 Å². The Kier molecular flexibility index (Phi) is 5.74. The maximum Gasteiger partial charge on any atom is 0.491 e. The number of hydrogen-bond acceptors (Lipinski definition) is 5. The molecule has 2 aromatic carbocycles. The summed E-state index contributed by atoms with van der Waals surface area (Å²) in [5, 5.41) is 10.5. The summed E-state index contributed by atoms with van der Waals surface area (Å²) in [7, 11) is 1.21. The van der Waals surface area contributed by atoms with Crippen LogP contribution in [0.15, 0.2) is 36.4 Å². The van der Waals surface area contributed by atoms with Crippen LogP contribution in [-0.4, -0.2) is 62.7 Å². The van der Waals surface area contributed by atoms with Crippen LogP contribution in [-0.2, 0) is 17.5 Å². The van der Waals surface area contributed by atoms with Crippen molar-refractivity contribution in [3.8, 4) is 0 Å². The molecule has 1 fully saturated rings. The molecule has 0 aromatic heterocycles. The number of fused-ring (bicyclic) bond motifs is 1. The number of halogens is 1. The van der Waals surface area contributed by atoms with Gasteiger partial charge in [-0.1, -0.05) is 29.8 Å². The lowest BCUT2D eigenvalue weighted by Gasteiger charge is -2.34. The molecule has 28 heavy (non-hydrogen) atoms. The average Bonchev–Trinajstić information content (AvgIpc) is 2.69. The number of carbonyl (C=O) groups excluding carboxylic acids is 1. The normalized spacial score (nSPS) is 17.5. The van der Waals surface area contributed by atoms with E-state index in [4.69, 9.17) is 16.3 Å². The van der Waals surface area contributed by atoms with E-state index in [1.54, 1.807) is 0 Å². The highest BCUT2D eigenvalue weighted by atomic mass is 35.5. The predicted octanol–water partition coefficient (Wildman–Crippen LogP) is 1.78. The van der Waals surface area contributed by atoms with Gasteiger partial charge in [-0.05, 0) is 48.3 Å². The third-order valence-electron chi connectivity index (χ3n) is 5.61. The highest BCUT2D eigenvalue weighted by Gasteiger charge is 2.25. The maximum atomic E-state index is 12.8. The Morgan fingerprint density at radius 1 is 1.18 bits per heavy atom. The molecule has 0 unspecified atom stereocenters. The molecule has 0 saturated carbocycles. The molecule has 0 radical (unpaired) electrons. The number of anilines is 1. The number of Topliss-reactive ketones (excluding diaryl/α,β-unsaturated/α-hetero) is 1. The van der Waals surface area contributed by atoms with Gasteiger partial charge >= 0.3 is 7.12 Å². The van der Waals surface area contributed by atoms with E-state index in [0.29, 0.717) is 17.2 Å². The van der Waals surface area contributed by atoms with Crippen LogP contribution in [0.3, 0.4) is 0 Å². The molecule has 4 rings (SSSR count). The minimum Gasteiger partial charge on any atom is -0.423 e. The summed E-state index contributed by atoms with van der Waals surface area (Å²) in [6.07, 6.45) is 1.02. The van der Waals surface area contributed by atoms with Crippen LogP contribution in [0.2, 0.25) is 5.02 Å². The molecular weight excluding hydrogens is 375 g/mol. The molecule has 5 nitrogen and oxygen atoms in total. The van der Waals surface area contributed by atoms with Crippen molar-refractivity contribution in [3.63, 3.8) is 0 Å². The van der Waals surface area contributed by atoms with Gasteiger partial charge in [-0.2, -0.15) is 0 Å². The van der Waals surface area contributed by atoms with Crippen molar-refractivity contribution in [2.75, 3.05) is 44.7 Å². The number of hydrogen-bond donors (Lipinski definition) is 1. The zero-order valence-corrected chi connectivity index (χ0v) is 16.8. The lowest BCUT2D eigenvalue weighted by Crippen LogP contribution is -2.44. The van der Waals surface area contributed by atoms with Crippen molar-refractivity contribution < 1.29 is 14.5 Å². The second-order valence-corrected chi connectivity index (χ2v) is 7.97. The minimum absolute atomic E-state index is 0.0268. The predicted molar refractivity (Wildman–Crippen MR) is 113 cm³/mol. The van der Waals surface area contributed by atoms with Gasteiger partial charge in [0.05, 0.1) is 5.02 Å². The molecule has 146 valence electrons. The van der Waals surface area contributed by atoms with Gasteiger partial charge in [-0.15, -0.1) is 0 Å². The Morgan fingerprint density at radius 3 is 2.71 bits per heavy atom. The number of carbonyl (C=O) groups is 1. The van der Waals surface area contributed by atoms with Gasteiger partial charge in [-0.3, -0.25) is 4.79 Å². The molecule has 0 aliphatic carbocycles. The molecule has 2 heterocycles. The molecule has 0 atom stereocenters. The first-order chi connectivity index (χ1) is 13.5. The Balaban J connectivity index is 1.48. The van der Waals surface area contributed by atoms with Crippen molar-refractivity contribution in [1.29, 1.82) is 0 Å². The van der Waals surface area contributed by atoms with Crippen molar-refractivity contribution in [2.24, 2.45) is 0 Å². The summed E-state index contributed by atoms with van der Waals surface area (Å²) >= 11 is 6.46. The third kappa shape index (κ3) is 4.10. The number of piperazine rings is 1. The zero-order chi connectivity index (χ0) is 19.7. The highest BCUT2D eigenvalue weighted by molar-refractivity contribution is 6.60. The zero-order valence-electron chi connectivity index (χ0n) is 16.0. The third-order valence-corrected chi connectivity index (χ3v) is 5.92. The first-order valence-electron chi connectivity index (χ1n) is 9.69. The van der Waals surface area contributed by atoms with Crippen molar-refractivity contribution in [1.82, 2.24) is 4.90 Å². The van der Waals surface area contributed by atoms with E-state index in [-0.39, 0.29) is 12.2 Å². The first kappa shape index (κ1) is 19.5. The molecular formula is C21H24BClN2O3. The van der Waals surface area contributed by atoms with Gasteiger partial charge in [-0.25, -0.2) is 0 Å². The summed E-state index contributed by atoms with van der Waals surface area (Å²) in [5.41, 5.74) is 4.28. The summed E-state index contributed by atoms with van der Waals surface area (Å²) < 4.78 is 5.29. The molecule has 7 heteroatoms. The minimum atomic E-state index is -0.912. The first-order valence-corrected chi connectivity index (χ1v) is 10.1. The van der Waals surface area contributed by atoms with E-state index in [9.17, 15) is 9.82 Å². The Bertz CT molecular complexity index is 884. The molecule has 2 aliphatic rings. The Morgan fingerprint density at radius 2 is 1.96 bits per heavy atom. The molecule has 1 N–H and O–H groups in total. The van der Waals surface area contributed by atoms with E-state index in [1.807, 2.05) is 36.4 Å². The van der Waals surface area contributed by atoms with Crippen LogP contribution in [0.4, 0.5) is 5.69 Å². The van der Waals surface area contributed by atoms with E-state index in [0.717, 1.165) is 54.9 Å². The quantitative estimate of drug-likeness (QED) is 0.628. The van der Waals surface area contributed by atoms with Crippen LogP contribution in [0.1, 0.15) is 21.5 Å². The fourth-order valence-corrected chi connectivity index (χ4v) is 4.13. The smallest absolute Gasteiger partial charge is 0.423 e. The molecule has 0 spiro atoms. The fourth-order valence-electron chi connectivity index (χ4n) is 3.85. The average molecular weight is 399 g/mol. The van der Waals surface area contributed by atoms with Gasteiger partial charge in [0, 0.05) is 50.5 Å². The summed E-state index contributed by atoms with van der Waals surface area (Å²) in [4.78, 5) is 17.4. The second-order valence-electron chi connectivity index (χ2n) is 7.56. The Hall–Kier alpha value is -1.86. The topological polar surface area (TPSA) is 53.0 Å². The van der Waals surface area contributed by atoms with Gasteiger partial charge in [0.15, 0.2) is 5.78 Å². The van der Waals surface area contributed by atoms with E-state index < -0.39 is 7.12 Å².